The molecule has 1 aromatic rings. The van der Waals surface area contributed by atoms with Crippen molar-refractivity contribution in [2.24, 2.45) is 0 Å². The highest BCUT2D eigenvalue weighted by Crippen LogP contribution is 2.39. The molecule has 1 saturated carbocycles. The Labute approximate surface area is 97.3 Å². The molecule has 0 radical (unpaired) electrons. The molecule has 88 valence electrons. The highest BCUT2D eigenvalue weighted by molar-refractivity contribution is 5.40. The lowest BCUT2D eigenvalue weighted by molar-refractivity contribution is 0.151. The first-order chi connectivity index (χ1) is 7.54. The summed E-state index contributed by atoms with van der Waals surface area (Å²) in [6.07, 6.45) is 2.62. The van der Waals surface area contributed by atoms with Gasteiger partial charge in [-0.2, -0.15) is 0 Å². The highest BCUT2D eigenvalue weighted by atomic mass is 16.5. The lowest BCUT2D eigenvalue weighted by Gasteiger charge is -2.14. The van der Waals surface area contributed by atoms with Gasteiger partial charge in [-0.3, -0.25) is 0 Å². The SMILES string of the molecule is COc1cc(CC2(O)CC2)ccc1C(C)C. The lowest BCUT2D eigenvalue weighted by Crippen LogP contribution is -2.10. The standard InChI is InChI=1S/C14H20O2/c1-10(2)12-5-4-11(8-13(12)16-3)9-14(15)6-7-14/h4-5,8,10,15H,6-7,9H2,1-3H3. The van der Waals surface area contributed by atoms with Crippen molar-refractivity contribution in [3.63, 3.8) is 0 Å². The molecule has 0 bridgehead atoms. The Kier molecular flexibility index (Phi) is 2.94. The van der Waals surface area contributed by atoms with E-state index < -0.39 is 5.60 Å². The molecule has 16 heavy (non-hydrogen) atoms. The van der Waals surface area contributed by atoms with E-state index >= 15 is 0 Å². The first-order valence-corrected chi connectivity index (χ1v) is 5.93. The van der Waals surface area contributed by atoms with Crippen LogP contribution in [0.3, 0.4) is 0 Å². The van der Waals surface area contributed by atoms with Gasteiger partial charge in [0.25, 0.3) is 0 Å². The van der Waals surface area contributed by atoms with Crippen LogP contribution in [-0.4, -0.2) is 17.8 Å². The Morgan fingerprint density at radius 3 is 2.56 bits per heavy atom. The minimum Gasteiger partial charge on any atom is -0.496 e. The molecule has 1 N–H and O–H groups in total. The molecule has 0 atom stereocenters. The third-order valence-electron chi connectivity index (χ3n) is 3.28. The zero-order chi connectivity index (χ0) is 11.8. The molecule has 0 amide bonds. The van der Waals surface area contributed by atoms with E-state index in [1.54, 1.807) is 7.11 Å². The molecular weight excluding hydrogens is 200 g/mol. The summed E-state index contributed by atoms with van der Waals surface area (Å²) in [5, 5.41) is 9.88. The Hall–Kier alpha value is -1.02. The van der Waals surface area contributed by atoms with Crippen LogP contribution in [0.2, 0.25) is 0 Å². The second kappa shape index (κ2) is 4.10. The average Bonchev–Trinajstić information content (AvgIpc) is 2.95. The van der Waals surface area contributed by atoms with Crippen molar-refractivity contribution < 1.29 is 9.84 Å². The molecule has 0 saturated heterocycles. The number of benzene rings is 1. The summed E-state index contributed by atoms with van der Waals surface area (Å²) < 4.78 is 5.40. The fraction of sp³-hybridized carbons (Fsp3) is 0.571. The highest BCUT2D eigenvalue weighted by Gasteiger charge is 2.40. The summed E-state index contributed by atoms with van der Waals surface area (Å²) in [4.78, 5) is 0. The van der Waals surface area contributed by atoms with Gasteiger partial charge in [-0.1, -0.05) is 26.0 Å². The smallest absolute Gasteiger partial charge is 0.122 e. The van der Waals surface area contributed by atoms with Crippen molar-refractivity contribution in [1.82, 2.24) is 0 Å². The van der Waals surface area contributed by atoms with Crippen LogP contribution in [-0.2, 0) is 6.42 Å². The molecule has 1 aromatic carbocycles. The van der Waals surface area contributed by atoms with Gasteiger partial charge in [0.05, 0.1) is 12.7 Å². The predicted octanol–water partition coefficient (Wildman–Crippen LogP) is 2.89. The Balaban J connectivity index is 2.22. The fourth-order valence-electron chi connectivity index (χ4n) is 2.04. The summed E-state index contributed by atoms with van der Waals surface area (Å²) in [6, 6.07) is 6.28. The molecular formula is C14H20O2. The Morgan fingerprint density at radius 1 is 1.38 bits per heavy atom. The average molecular weight is 220 g/mol. The van der Waals surface area contributed by atoms with Crippen LogP contribution in [0.25, 0.3) is 0 Å². The Morgan fingerprint density at radius 2 is 2.06 bits per heavy atom. The van der Waals surface area contributed by atoms with Crippen molar-refractivity contribution in [3.05, 3.63) is 29.3 Å². The summed E-state index contributed by atoms with van der Waals surface area (Å²) in [5.41, 5.74) is 1.97. The monoisotopic (exact) mass is 220 g/mol. The zero-order valence-corrected chi connectivity index (χ0v) is 10.3. The Bertz CT molecular complexity index is 378. The third-order valence-corrected chi connectivity index (χ3v) is 3.28. The topological polar surface area (TPSA) is 29.5 Å². The molecule has 1 aliphatic rings. The van der Waals surface area contributed by atoms with E-state index in [1.807, 2.05) is 0 Å². The molecule has 1 aliphatic carbocycles. The molecule has 2 nitrogen and oxygen atoms in total. The van der Waals surface area contributed by atoms with Crippen LogP contribution < -0.4 is 4.74 Å². The number of hydrogen-bond donors (Lipinski definition) is 1. The summed E-state index contributed by atoms with van der Waals surface area (Å²) in [7, 11) is 1.71. The fourth-order valence-corrected chi connectivity index (χ4v) is 2.04. The molecule has 0 aliphatic heterocycles. The van der Waals surface area contributed by atoms with E-state index in [9.17, 15) is 5.11 Å². The summed E-state index contributed by atoms with van der Waals surface area (Å²) in [5.74, 6) is 1.41. The molecule has 0 heterocycles. The minimum absolute atomic E-state index is 0.426. The zero-order valence-electron chi connectivity index (χ0n) is 10.3. The molecule has 2 heteroatoms. The van der Waals surface area contributed by atoms with E-state index in [2.05, 4.69) is 32.0 Å². The van der Waals surface area contributed by atoms with Crippen LogP contribution in [0, 0.1) is 0 Å². The van der Waals surface area contributed by atoms with E-state index in [0.29, 0.717) is 5.92 Å². The van der Waals surface area contributed by atoms with Gasteiger partial charge in [-0.05, 0) is 36.0 Å². The van der Waals surface area contributed by atoms with Crippen molar-refractivity contribution in [1.29, 1.82) is 0 Å². The molecule has 2 rings (SSSR count). The van der Waals surface area contributed by atoms with Crippen molar-refractivity contribution in [3.8, 4) is 5.75 Å². The number of methoxy groups -OCH3 is 1. The first-order valence-electron chi connectivity index (χ1n) is 5.93. The van der Waals surface area contributed by atoms with Crippen LogP contribution in [0.4, 0.5) is 0 Å². The van der Waals surface area contributed by atoms with Crippen LogP contribution in [0.5, 0.6) is 5.75 Å². The van der Waals surface area contributed by atoms with Gasteiger partial charge in [0.15, 0.2) is 0 Å². The van der Waals surface area contributed by atoms with Gasteiger partial charge in [0, 0.05) is 6.42 Å². The third kappa shape index (κ3) is 2.38. The predicted molar refractivity (Wildman–Crippen MR) is 65.0 cm³/mol. The molecule has 0 spiro atoms. The van der Waals surface area contributed by atoms with Gasteiger partial charge < -0.3 is 9.84 Å². The minimum atomic E-state index is -0.426. The van der Waals surface area contributed by atoms with Gasteiger partial charge in [-0.15, -0.1) is 0 Å². The second-order valence-electron chi connectivity index (χ2n) is 5.13. The van der Waals surface area contributed by atoms with Gasteiger partial charge in [-0.25, -0.2) is 0 Å². The van der Waals surface area contributed by atoms with Crippen molar-refractivity contribution in [2.75, 3.05) is 7.11 Å². The van der Waals surface area contributed by atoms with Gasteiger partial charge in [0.2, 0.25) is 0 Å². The summed E-state index contributed by atoms with van der Waals surface area (Å²) >= 11 is 0. The maximum atomic E-state index is 9.88. The maximum Gasteiger partial charge on any atom is 0.122 e. The lowest BCUT2D eigenvalue weighted by atomic mass is 9.98. The van der Waals surface area contributed by atoms with Gasteiger partial charge >= 0.3 is 0 Å². The molecule has 0 aromatic heterocycles. The number of ether oxygens (including phenoxy) is 1. The first kappa shape index (κ1) is 11.5. The van der Waals surface area contributed by atoms with Crippen molar-refractivity contribution in [2.45, 2.75) is 44.6 Å². The van der Waals surface area contributed by atoms with E-state index in [1.165, 1.54) is 11.1 Å². The van der Waals surface area contributed by atoms with Crippen LogP contribution in [0.1, 0.15) is 43.7 Å². The number of rotatable bonds is 4. The largest absolute Gasteiger partial charge is 0.496 e. The van der Waals surface area contributed by atoms with Gasteiger partial charge in [0.1, 0.15) is 5.75 Å². The molecule has 1 fully saturated rings. The van der Waals surface area contributed by atoms with E-state index in [0.717, 1.165) is 25.0 Å². The number of aliphatic hydroxyl groups is 1. The quantitative estimate of drug-likeness (QED) is 0.845. The van der Waals surface area contributed by atoms with E-state index in [4.69, 9.17) is 4.74 Å². The number of hydrogen-bond acceptors (Lipinski definition) is 2. The van der Waals surface area contributed by atoms with Crippen LogP contribution >= 0.6 is 0 Å². The maximum absolute atomic E-state index is 9.88. The van der Waals surface area contributed by atoms with E-state index in [-0.39, 0.29) is 0 Å². The van der Waals surface area contributed by atoms with Crippen molar-refractivity contribution >= 4 is 0 Å². The molecule has 0 unspecified atom stereocenters. The normalized spacial score (nSPS) is 17.6. The summed E-state index contributed by atoms with van der Waals surface area (Å²) in [6.45, 7) is 4.32. The second-order valence-corrected chi connectivity index (χ2v) is 5.13. The van der Waals surface area contributed by atoms with Crippen LogP contribution in [0.15, 0.2) is 18.2 Å².